The maximum absolute atomic E-state index is 9.58. The number of nitrogens with zero attached hydrogens (tertiary/aromatic N) is 2. The van der Waals surface area contributed by atoms with Gasteiger partial charge in [0.2, 0.25) is 0 Å². The van der Waals surface area contributed by atoms with Crippen molar-refractivity contribution >= 4 is 11.6 Å². The van der Waals surface area contributed by atoms with E-state index in [1.165, 1.54) is 24.2 Å². The zero-order valence-corrected chi connectivity index (χ0v) is 11.7. The molecule has 19 heavy (non-hydrogen) atoms. The van der Waals surface area contributed by atoms with E-state index < -0.39 is 6.10 Å². The summed E-state index contributed by atoms with van der Waals surface area (Å²) in [5.41, 5.74) is 4.25. The number of aryl methyl sites for hydroxylation is 1. The molecule has 2 aromatic rings. The molecular weight excluding hydrogens is 260 g/mol. The van der Waals surface area contributed by atoms with Crippen LogP contribution in [0.4, 0.5) is 0 Å². The molecule has 0 radical (unpaired) electrons. The molecule has 4 heteroatoms. The van der Waals surface area contributed by atoms with E-state index in [4.69, 9.17) is 11.6 Å². The quantitative estimate of drug-likeness (QED) is 0.912. The Morgan fingerprint density at radius 2 is 2.11 bits per heavy atom. The van der Waals surface area contributed by atoms with Crippen molar-refractivity contribution in [3.8, 4) is 5.69 Å². The summed E-state index contributed by atoms with van der Waals surface area (Å²) in [6.45, 7) is 1.74. The molecule has 0 fully saturated rings. The molecule has 0 amide bonds. The molecule has 1 unspecified atom stereocenters. The van der Waals surface area contributed by atoms with Gasteiger partial charge in [-0.2, -0.15) is 0 Å². The van der Waals surface area contributed by atoms with Gasteiger partial charge >= 0.3 is 0 Å². The van der Waals surface area contributed by atoms with Gasteiger partial charge in [0.25, 0.3) is 0 Å². The van der Waals surface area contributed by atoms with Crippen LogP contribution in [0.2, 0.25) is 5.02 Å². The van der Waals surface area contributed by atoms with Gasteiger partial charge in [0, 0.05) is 5.69 Å². The first kappa shape index (κ1) is 12.7. The van der Waals surface area contributed by atoms with Gasteiger partial charge in [-0.3, -0.25) is 0 Å². The summed E-state index contributed by atoms with van der Waals surface area (Å²) in [6, 6.07) is 5.71. The number of aliphatic hydroxyl groups excluding tert-OH is 1. The largest absolute Gasteiger partial charge is 0.389 e. The summed E-state index contributed by atoms with van der Waals surface area (Å²) in [5.74, 6) is 0. The second-order valence-electron chi connectivity index (χ2n) is 5.10. The fraction of sp³-hybridized carbons (Fsp3) is 0.400. The summed E-state index contributed by atoms with van der Waals surface area (Å²) < 4.78 is 2.09. The third kappa shape index (κ3) is 2.28. The molecule has 1 heterocycles. The highest BCUT2D eigenvalue weighted by Crippen LogP contribution is 2.29. The molecule has 1 aliphatic carbocycles. The first-order valence-electron chi connectivity index (χ1n) is 6.70. The van der Waals surface area contributed by atoms with Crippen molar-refractivity contribution in [1.29, 1.82) is 0 Å². The molecular formula is C15H17ClN2O. The molecule has 0 bridgehead atoms. The smallest absolute Gasteiger partial charge is 0.0998 e. The van der Waals surface area contributed by atoms with Crippen molar-refractivity contribution in [2.24, 2.45) is 0 Å². The molecule has 1 atom stereocenters. The number of aromatic nitrogens is 2. The van der Waals surface area contributed by atoms with E-state index in [1.807, 2.05) is 24.5 Å². The van der Waals surface area contributed by atoms with E-state index in [9.17, 15) is 5.11 Å². The molecule has 100 valence electrons. The minimum atomic E-state index is -0.497. The Kier molecular flexibility index (Phi) is 3.33. The van der Waals surface area contributed by atoms with Gasteiger partial charge in [-0.1, -0.05) is 17.7 Å². The van der Waals surface area contributed by atoms with Gasteiger partial charge < -0.3 is 9.67 Å². The van der Waals surface area contributed by atoms with Crippen LogP contribution in [-0.2, 0) is 12.8 Å². The molecule has 0 saturated heterocycles. The third-order valence-corrected chi connectivity index (χ3v) is 4.05. The Bertz CT molecular complexity index is 604. The van der Waals surface area contributed by atoms with E-state index in [0.29, 0.717) is 5.02 Å². The van der Waals surface area contributed by atoms with Crippen LogP contribution >= 0.6 is 11.6 Å². The number of aliphatic hydroxyl groups is 1. The van der Waals surface area contributed by atoms with Crippen molar-refractivity contribution in [2.45, 2.75) is 38.7 Å². The normalized spacial score (nSPS) is 16.2. The number of rotatable bonds is 2. The van der Waals surface area contributed by atoms with Crippen molar-refractivity contribution in [3.63, 3.8) is 0 Å². The number of halogens is 1. The minimum Gasteiger partial charge on any atom is -0.389 e. The Labute approximate surface area is 117 Å². The van der Waals surface area contributed by atoms with E-state index in [-0.39, 0.29) is 0 Å². The Morgan fingerprint density at radius 1 is 1.32 bits per heavy atom. The molecule has 3 nitrogen and oxygen atoms in total. The highest BCUT2D eigenvalue weighted by atomic mass is 35.5. The van der Waals surface area contributed by atoms with E-state index >= 15 is 0 Å². The lowest BCUT2D eigenvalue weighted by Crippen LogP contribution is -2.07. The van der Waals surface area contributed by atoms with Gasteiger partial charge in [0.05, 0.1) is 28.8 Å². The number of hydrogen-bond donors (Lipinski definition) is 1. The Balaban J connectivity index is 2.05. The standard InChI is InChI=1S/C15H17ClN2O/c1-10(19)11-6-7-14(12(16)8-11)18-9-17-13-4-2-3-5-15(13)18/h6-10,19H,2-5H2,1H3. The van der Waals surface area contributed by atoms with Crippen LogP contribution in [0.15, 0.2) is 24.5 Å². The van der Waals surface area contributed by atoms with Gasteiger partial charge in [-0.15, -0.1) is 0 Å². The Hall–Kier alpha value is -1.32. The zero-order chi connectivity index (χ0) is 13.4. The average Bonchev–Trinajstić information content (AvgIpc) is 2.82. The molecule has 0 aliphatic heterocycles. The van der Waals surface area contributed by atoms with Gasteiger partial charge in [-0.25, -0.2) is 4.98 Å². The van der Waals surface area contributed by atoms with Crippen LogP contribution in [-0.4, -0.2) is 14.7 Å². The summed E-state index contributed by atoms with van der Waals surface area (Å²) in [7, 11) is 0. The topological polar surface area (TPSA) is 38.0 Å². The summed E-state index contributed by atoms with van der Waals surface area (Å²) in [6.07, 6.45) is 5.92. The zero-order valence-electron chi connectivity index (χ0n) is 10.9. The molecule has 3 rings (SSSR count). The molecule has 1 N–H and O–H groups in total. The highest BCUT2D eigenvalue weighted by molar-refractivity contribution is 6.32. The van der Waals surface area contributed by atoms with Crippen molar-refractivity contribution < 1.29 is 5.11 Å². The summed E-state index contributed by atoms with van der Waals surface area (Å²) >= 11 is 6.35. The molecule has 1 aromatic carbocycles. The van der Waals surface area contributed by atoms with Crippen LogP contribution in [0.3, 0.4) is 0 Å². The monoisotopic (exact) mass is 276 g/mol. The summed E-state index contributed by atoms with van der Waals surface area (Å²) in [5, 5.41) is 10.2. The lowest BCUT2D eigenvalue weighted by molar-refractivity contribution is 0.199. The molecule has 1 aromatic heterocycles. The van der Waals surface area contributed by atoms with E-state index in [0.717, 1.165) is 24.1 Å². The highest BCUT2D eigenvalue weighted by Gasteiger charge is 2.17. The van der Waals surface area contributed by atoms with Gasteiger partial charge in [-0.05, 0) is 50.3 Å². The predicted molar refractivity (Wildman–Crippen MR) is 75.8 cm³/mol. The number of fused-ring (bicyclic) bond motifs is 1. The van der Waals surface area contributed by atoms with Crippen molar-refractivity contribution in [3.05, 3.63) is 46.5 Å². The van der Waals surface area contributed by atoms with E-state index in [2.05, 4.69) is 9.55 Å². The van der Waals surface area contributed by atoms with Crippen LogP contribution in [0.25, 0.3) is 5.69 Å². The van der Waals surface area contributed by atoms with Crippen molar-refractivity contribution in [1.82, 2.24) is 9.55 Å². The second kappa shape index (κ2) is 4.99. The van der Waals surface area contributed by atoms with E-state index in [1.54, 1.807) is 6.92 Å². The predicted octanol–water partition coefficient (Wildman–Crippen LogP) is 3.46. The second-order valence-corrected chi connectivity index (χ2v) is 5.51. The number of benzene rings is 1. The lowest BCUT2D eigenvalue weighted by atomic mass is 10.0. The van der Waals surface area contributed by atoms with Crippen LogP contribution < -0.4 is 0 Å². The van der Waals surface area contributed by atoms with Crippen LogP contribution in [0.1, 0.15) is 42.8 Å². The molecule has 1 aliphatic rings. The minimum absolute atomic E-state index is 0.497. The number of hydrogen-bond acceptors (Lipinski definition) is 2. The van der Waals surface area contributed by atoms with Crippen LogP contribution in [0, 0.1) is 0 Å². The number of imidazole rings is 1. The first-order chi connectivity index (χ1) is 9.16. The van der Waals surface area contributed by atoms with Gasteiger partial charge in [0.15, 0.2) is 0 Å². The van der Waals surface area contributed by atoms with Crippen LogP contribution in [0.5, 0.6) is 0 Å². The summed E-state index contributed by atoms with van der Waals surface area (Å²) in [4.78, 5) is 4.49. The lowest BCUT2D eigenvalue weighted by Gasteiger charge is -2.16. The first-order valence-corrected chi connectivity index (χ1v) is 7.07. The maximum atomic E-state index is 9.58. The molecule has 0 spiro atoms. The maximum Gasteiger partial charge on any atom is 0.0998 e. The Morgan fingerprint density at radius 3 is 2.84 bits per heavy atom. The SMILES string of the molecule is CC(O)c1ccc(-n2cnc3c2CCCC3)c(Cl)c1. The molecule has 0 saturated carbocycles. The average molecular weight is 277 g/mol. The fourth-order valence-corrected chi connectivity index (χ4v) is 2.94. The van der Waals surface area contributed by atoms with Gasteiger partial charge in [0.1, 0.15) is 0 Å². The third-order valence-electron chi connectivity index (χ3n) is 3.74. The van der Waals surface area contributed by atoms with Crippen molar-refractivity contribution in [2.75, 3.05) is 0 Å². The fourth-order valence-electron chi connectivity index (χ4n) is 2.66.